The minimum atomic E-state index is -0.937. The van der Waals surface area contributed by atoms with E-state index >= 15 is 0 Å². The van der Waals surface area contributed by atoms with Gasteiger partial charge in [-0.15, -0.1) is 0 Å². The van der Waals surface area contributed by atoms with Crippen molar-refractivity contribution in [2.24, 2.45) is 0 Å². The lowest BCUT2D eigenvalue weighted by Gasteiger charge is -2.20. The third-order valence-corrected chi connectivity index (χ3v) is 6.09. The highest BCUT2D eigenvalue weighted by molar-refractivity contribution is 6.31. The van der Waals surface area contributed by atoms with Gasteiger partial charge < -0.3 is 24.8 Å². The number of hydrogen-bond acceptors (Lipinski definition) is 5. The first-order valence-corrected chi connectivity index (χ1v) is 12.8. The summed E-state index contributed by atoms with van der Waals surface area (Å²) in [6.45, 7) is 0.526. The molecule has 0 radical (unpaired) electrons. The first-order valence-electron chi connectivity index (χ1n) is 12.4. The van der Waals surface area contributed by atoms with Gasteiger partial charge in [-0.1, -0.05) is 84.4 Å². The highest BCUT2D eigenvalue weighted by Gasteiger charge is 2.23. The Kier molecular flexibility index (Phi) is 9.80. The molecule has 200 valence electrons. The summed E-state index contributed by atoms with van der Waals surface area (Å²) in [6, 6.07) is 30.5. The van der Waals surface area contributed by atoms with Crippen molar-refractivity contribution in [1.82, 2.24) is 5.32 Å². The number of carbonyl (C=O) groups excluding carboxylic acids is 2. The number of ether oxygens (including phenoxy) is 3. The van der Waals surface area contributed by atoms with E-state index in [2.05, 4.69) is 10.6 Å². The molecule has 0 saturated heterocycles. The summed E-state index contributed by atoms with van der Waals surface area (Å²) < 4.78 is 16.6. The van der Waals surface area contributed by atoms with Crippen molar-refractivity contribution in [3.8, 4) is 11.5 Å². The smallest absolute Gasteiger partial charge is 0.408 e. The summed E-state index contributed by atoms with van der Waals surface area (Å²) in [5.74, 6) is 0.692. The van der Waals surface area contributed by atoms with Crippen LogP contribution in [0.2, 0.25) is 5.02 Å². The fourth-order valence-corrected chi connectivity index (χ4v) is 3.98. The van der Waals surface area contributed by atoms with Crippen molar-refractivity contribution >= 4 is 29.3 Å². The molecule has 2 amide bonds. The van der Waals surface area contributed by atoms with Crippen LogP contribution in [-0.4, -0.2) is 25.2 Å². The predicted molar refractivity (Wildman–Crippen MR) is 151 cm³/mol. The van der Waals surface area contributed by atoms with E-state index in [4.69, 9.17) is 25.8 Å². The van der Waals surface area contributed by atoms with E-state index in [0.29, 0.717) is 28.8 Å². The Balaban J connectivity index is 1.44. The minimum Gasteiger partial charge on any atom is -0.495 e. The van der Waals surface area contributed by atoms with Gasteiger partial charge >= 0.3 is 6.09 Å². The zero-order chi connectivity index (χ0) is 27.5. The fraction of sp³-hybridized carbons (Fsp3) is 0.161. The van der Waals surface area contributed by atoms with Gasteiger partial charge in [0.15, 0.2) is 0 Å². The van der Waals surface area contributed by atoms with E-state index in [1.807, 2.05) is 84.9 Å². The molecule has 0 unspecified atom stereocenters. The molecule has 0 bridgehead atoms. The van der Waals surface area contributed by atoms with Crippen LogP contribution in [0, 0.1) is 0 Å². The number of amides is 2. The molecule has 1 atom stereocenters. The van der Waals surface area contributed by atoms with Crippen molar-refractivity contribution in [2.45, 2.75) is 25.7 Å². The summed E-state index contributed by atoms with van der Waals surface area (Å²) in [6.07, 6.45) is -0.492. The number of anilines is 1. The van der Waals surface area contributed by atoms with Crippen LogP contribution < -0.4 is 20.1 Å². The Morgan fingerprint density at radius 3 is 2.08 bits per heavy atom. The van der Waals surface area contributed by atoms with Crippen LogP contribution in [0.4, 0.5) is 10.5 Å². The maximum absolute atomic E-state index is 13.3. The molecule has 0 saturated carbocycles. The van der Waals surface area contributed by atoms with E-state index in [-0.39, 0.29) is 13.0 Å². The summed E-state index contributed by atoms with van der Waals surface area (Å²) >= 11 is 6.12. The maximum atomic E-state index is 13.3. The first-order chi connectivity index (χ1) is 19.0. The van der Waals surface area contributed by atoms with Crippen LogP contribution in [0.3, 0.4) is 0 Å². The maximum Gasteiger partial charge on any atom is 0.408 e. The van der Waals surface area contributed by atoms with E-state index in [1.165, 1.54) is 7.11 Å². The largest absolute Gasteiger partial charge is 0.495 e. The topological polar surface area (TPSA) is 85.9 Å². The van der Waals surface area contributed by atoms with Crippen molar-refractivity contribution in [1.29, 1.82) is 0 Å². The van der Waals surface area contributed by atoms with E-state index in [9.17, 15) is 9.59 Å². The van der Waals surface area contributed by atoms with Gasteiger partial charge in [-0.25, -0.2) is 4.79 Å². The van der Waals surface area contributed by atoms with Gasteiger partial charge in [0.25, 0.3) is 0 Å². The molecule has 0 aliphatic rings. The van der Waals surface area contributed by atoms with Crippen molar-refractivity contribution < 1.29 is 23.8 Å². The molecular formula is C31H29ClN2O5. The molecule has 4 aromatic rings. The molecule has 8 heteroatoms. The molecule has 0 aromatic heterocycles. The van der Waals surface area contributed by atoms with Crippen LogP contribution in [0.5, 0.6) is 11.5 Å². The molecule has 0 aliphatic heterocycles. The minimum absolute atomic E-state index is 0.0799. The van der Waals surface area contributed by atoms with E-state index < -0.39 is 18.0 Å². The highest BCUT2D eigenvalue weighted by Crippen LogP contribution is 2.28. The number of hydrogen-bond donors (Lipinski definition) is 2. The zero-order valence-corrected chi connectivity index (χ0v) is 22.2. The quantitative estimate of drug-likeness (QED) is 0.228. The number of rotatable bonds is 11. The second-order valence-electron chi connectivity index (χ2n) is 8.71. The Hall–Kier alpha value is -4.49. The van der Waals surface area contributed by atoms with Gasteiger partial charge in [0.2, 0.25) is 5.91 Å². The number of nitrogens with one attached hydrogen (secondary N) is 2. The molecule has 4 rings (SSSR count). The van der Waals surface area contributed by atoms with E-state index in [1.54, 1.807) is 18.2 Å². The molecule has 7 nitrogen and oxygen atoms in total. The van der Waals surface area contributed by atoms with Gasteiger partial charge in [-0.2, -0.15) is 0 Å². The first kappa shape index (κ1) is 27.5. The monoisotopic (exact) mass is 544 g/mol. The molecule has 0 spiro atoms. The average molecular weight is 545 g/mol. The summed E-state index contributed by atoms with van der Waals surface area (Å²) in [5, 5.41) is 5.93. The molecule has 0 heterocycles. The third kappa shape index (κ3) is 8.51. The van der Waals surface area contributed by atoms with Crippen LogP contribution in [0.1, 0.15) is 16.7 Å². The van der Waals surface area contributed by atoms with Gasteiger partial charge in [-0.05, 0) is 47.0 Å². The van der Waals surface area contributed by atoms with Crippen molar-refractivity contribution in [2.75, 3.05) is 12.4 Å². The normalized spacial score (nSPS) is 11.2. The summed E-state index contributed by atoms with van der Waals surface area (Å²) in [5.41, 5.74) is 3.11. The van der Waals surface area contributed by atoms with Crippen molar-refractivity contribution in [3.05, 3.63) is 125 Å². The van der Waals surface area contributed by atoms with Gasteiger partial charge in [-0.3, -0.25) is 4.79 Å². The Labute approximate surface area is 232 Å². The van der Waals surface area contributed by atoms with Crippen LogP contribution in [0.25, 0.3) is 0 Å². The van der Waals surface area contributed by atoms with Crippen LogP contribution >= 0.6 is 11.6 Å². The third-order valence-electron chi connectivity index (χ3n) is 5.85. The lowest BCUT2D eigenvalue weighted by molar-refractivity contribution is -0.118. The lowest BCUT2D eigenvalue weighted by Crippen LogP contribution is -2.45. The Bertz CT molecular complexity index is 1370. The standard InChI is InChI=1S/C31H29ClN2O5/c1-37-29-17-14-25(32)19-27(29)33-30(35)28(34-31(36)39-21-24-10-6-3-7-11-24)18-22-12-15-26(16-13-22)38-20-23-8-4-2-5-9-23/h2-17,19,28H,18,20-21H2,1H3,(H,33,35)(H,34,36)/t28-/m1/s1. The van der Waals surface area contributed by atoms with Crippen molar-refractivity contribution in [3.63, 3.8) is 0 Å². The molecule has 39 heavy (non-hydrogen) atoms. The zero-order valence-electron chi connectivity index (χ0n) is 21.4. The van der Waals surface area contributed by atoms with Crippen LogP contribution in [-0.2, 0) is 29.2 Å². The highest BCUT2D eigenvalue weighted by atomic mass is 35.5. The molecule has 4 aromatic carbocycles. The number of alkyl carbamates (subject to hydrolysis) is 1. The number of benzene rings is 4. The second-order valence-corrected chi connectivity index (χ2v) is 9.15. The molecular weight excluding hydrogens is 516 g/mol. The molecule has 2 N–H and O–H groups in total. The SMILES string of the molecule is COc1ccc(Cl)cc1NC(=O)[C@@H](Cc1ccc(OCc2ccccc2)cc1)NC(=O)OCc1ccccc1. The van der Waals surface area contributed by atoms with Gasteiger partial charge in [0, 0.05) is 11.4 Å². The average Bonchev–Trinajstić information content (AvgIpc) is 2.96. The summed E-state index contributed by atoms with van der Waals surface area (Å²) in [7, 11) is 1.50. The Morgan fingerprint density at radius 1 is 0.795 bits per heavy atom. The number of carbonyl (C=O) groups is 2. The Morgan fingerprint density at radius 2 is 1.44 bits per heavy atom. The number of methoxy groups -OCH3 is 1. The number of halogens is 1. The summed E-state index contributed by atoms with van der Waals surface area (Å²) in [4.78, 5) is 26.0. The second kappa shape index (κ2) is 13.9. The van der Waals surface area contributed by atoms with Gasteiger partial charge in [0.1, 0.15) is 30.8 Å². The lowest BCUT2D eigenvalue weighted by atomic mass is 10.0. The molecule has 0 aliphatic carbocycles. The van der Waals surface area contributed by atoms with Crippen LogP contribution in [0.15, 0.2) is 103 Å². The predicted octanol–water partition coefficient (Wildman–Crippen LogP) is 6.40. The fourth-order valence-electron chi connectivity index (χ4n) is 3.81. The van der Waals surface area contributed by atoms with Gasteiger partial charge in [0.05, 0.1) is 12.8 Å². The molecule has 0 fully saturated rings. The van der Waals surface area contributed by atoms with E-state index in [0.717, 1.165) is 16.7 Å².